The molecule has 0 aliphatic carbocycles. The minimum Gasteiger partial charge on any atom is -0.496 e. The van der Waals surface area contributed by atoms with E-state index in [2.05, 4.69) is 0 Å². The number of nitrogens with two attached hydrogens (primary N) is 1. The highest BCUT2D eigenvalue weighted by Crippen LogP contribution is 2.22. The Hall–Kier alpha value is -1.60. The average Bonchev–Trinajstić information content (AvgIpc) is 2.33. The molecule has 19 heavy (non-hydrogen) atoms. The largest absolute Gasteiger partial charge is 0.496 e. The minimum absolute atomic E-state index is 0.0367. The van der Waals surface area contributed by atoms with Gasteiger partial charge >= 0.3 is 5.97 Å². The molecule has 1 aromatic carbocycles. The van der Waals surface area contributed by atoms with E-state index in [4.69, 9.17) is 14.6 Å². The smallest absolute Gasteiger partial charge is 0.341 e. The fraction of sp³-hybridized carbons (Fsp3) is 0.417. The summed E-state index contributed by atoms with van der Waals surface area (Å²) in [5.74, 6) is -0.228. The number of carbonyl (C=O) groups excluding carboxylic acids is 1. The molecule has 1 rings (SSSR count). The highest BCUT2D eigenvalue weighted by atomic mass is 32.2. The molecule has 0 atom stereocenters. The Morgan fingerprint density at radius 1 is 1.37 bits per heavy atom. The number of carbonyl (C=O) groups is 1. The van der Waals surface area contributed by atoms with Crippen LogP contribution in [0.5, 0.6) is 5.75 Å². The zero-order chi connectivity index (χ0) is 14.6. The molecule has 0 fully saturated rings. The van der Waals surface area contributed by atoms with Crippen molar-refractivity contribution < 1.29 is 22.7 Å². The predicted molar refractivity (Wildman–Crippen MR) is 69.5 cm³/mol. The lowest BCUT2D eigenvalue weighted by Crippen LogP contribution is -2.15. The third kappa shape index (κ3) is 4.22. The van der Waals surface area contributed by atoms with Gasteiger partial charge in [0.25, 0.3) is 0 Å². The van der Waals surface area contributed by atoms with Crippen LogP contribution in [-0.2, 0) is 14.8 Å². The van der Waals surface area contributed by atoms with Crippen molar-refractivity contribution in [3.05, 3.63) is 23.8 Å². The van der Waals surface area contributed by atoms with Crippen molar-refractivity contribution in [1.82, 2.24) is 0 Å². The lowest BCUT2D eigenvalue weighted by molar-refractivity contribution is 0.0455. The number of sulfonamides is 1. The van der Waals surface area contributed by atoms with Gasteiger partial charge in [-0.2, -0.15) is 0 Å². The van der Waals surface area contributed by atoms with E-state index in [0.29, 0.717) is 0 Å². The molecule has 0 unspecified atom stereocenters. The Morgan fingerprint density at radius 2 is 2.00 bits per heavy atom. The maximum absolute atomic E-state index is 11.9. The summed E-state index contributed by atoms with van der Waals surface area (Å²) in [4.78, 5) is 11.7. The molecule has 0 aliphatic heterocycles. The molecule has 2 N–H and O–H groups in total. The van der Waals surface area contributed by atoms with Crippen LogP contribution in [0.15, 0.2) is 23.1 Å². The summed E-state index contributed by atoms with van der Waals surface area (Å²) >= 11 is 0. The first-order valence-corrected chi connectivity index (χ1v) is 7.18. The average molecular weight is 287 g/mol. The maximum Gasteiger partial charge on any atom is 0.341 e. The number of benzene rings is 1. The molecule has 0 radical (unpaired) electrons. The molecule has 0 saturated carbocycles. The Bertz CT molecular complexity index is 565. The molecule has 1 aromatic rings. The summed E-state index contributed by atoms with van der Waals surface area (Å²) in [5, 5.41) is 5.02. The molecule has 106 valence electrons. The molecule has 0 bridgehead atoms. The van der Waals surface area contributed by atoms with E-state index in [0.717, 1.165) is 6.07 Å². The van der Waals surface area contributed by atoms with Gasteiger partial charge in [-0.05, 0) is 24.1 Å². The van der Waals surface area contributed by atoms with Crippen LogP contribution in [0, 0.1) is 5.92 Å². The van der Waals surface area contributed by atoms with Crippen LogP contribution in [0.2, 0.25) is 0 Å². The second-order valence-corrected chi connectivity index (χ2v) is 5.96. The molecule has 6 nitrogen and oxygen atoms in total. The molecule has 0 amide bonds. The molecule has 0 aromatic heterocycles. The monoisotopic (exact) mass is 287 g/mol. The SMILES string of the molecule is COc1ccc(S(N)(=O)=O)cc1C(=O)OCC(C)C. The normalized spacial score (nSPS) is 11.4. The van der Waals surface area contributed by atoms with Crippen molar-refractivity contribution in [3.63, 3.8) is 0 Å². The van der Waals surface area contributed by atoms with Gasteiger partial charge in [0.05, 0.1) is 18.6 Å². The maximum atomic E-state index is 11.9. The van der Waals surface area contributed by atoms with Gasteiger partial charge in [0, 0.05) is 0 Å². The lowest BCUT2D eigenvalue weighted by Gasteiger charge is -2.11. The van der Waals surface area contributed by atoms with Gasteiger partial charge in [-0.15, -0.1) is 0 Å². The fourth-order valence-corrected chi connectivity index (χ4v) is 1.88. The van der Waals surface area contributed by atoms with Gasteiger partial charge in [0.15, 0.2) is 0 Å². The van der Waals surface area contributed by atoms with Gasteiger partial charge in [0.1, 0.15) is 11.3 Å². The molecule has 0 aliphatic rings. The molecule has 0 heterocycles. The van der Waals surface area contributed by atoms with Crippen LogP contribution < -0.4 is 9.88 Å². The molecule has 7 heteroatoms. The highest BCUT2D eigenvalue weighted by Gasteiger charge is 2.18. The summed E-state index contributed by atoms with van der Waals surface area (Å²) in [6.45, 7) is 4.03. The zero-order valence-electron chi connectivity index (χ0n) is 11.0. The summed E-state index contributed by atoms with van der Waals surface area (Å²) in [5.41, 5.74) is 0.0367. The number of ether oxygens (including phenoxy) is 2. The number of hydrogen-bond acceptors (Lipinski definition) is 5. The number of rotatable bonds is 5. The van der Waals surface area contributed by atoms with Crippen molar-refractivity contribution in [3.8, 4) is 5.75 Å². The van der Waals surface area contributed by atoms with E-state index in [1.807, 2.05) is 13.8 Å². The van der Waals surface area contributed by atoms with E-state index in [1.165, 1.54) is 19.2 Å². The summed E-state index contributed by atoms with van der Waals surface area (Å²) < 4.78 is 32.6. The minimum atomic E-state index is -3.88. The standard InChI is InChI=1S/C12H17NO5S/c1-8(2)7-18-12(14)10-6-9(19(13,15)16)4-5-11(10)17-3/h4-6,8H,7H2,1-3H3,(H2,13,15,16). The zero-order valence-corrected chi connectivity index (χ0v) is 11.9. The fourth-order valence-electron chi connectivity index (χ4n) is 1.34. The second kappa shape index (κ2) is 6.03. The van der Waals surface area contributed by atoms with E-state index >= 15 is 0 Å². The van der Waals surface area contributed by atoms with Crippen LogP contribution in [0.3, 0.4) is 0 Å². The number of hydrogen-bond donors (Lipinski definition) is 1. The van der Waals surface area contributed by atoms with Crippen LogP contribution in [0.4, 0.5) is 0 Å². The molecule has 0 spiro atoms. The third-order valence-electron chi connectivity index (χ3n) is 2.27. The van der Waals surface area contributed by atoms with E-state index in [1.54, 1.807) is 0 Å². The highest BCUT2D eigenvalue weighted by molar-refractivity contribution is 7.89. The first-order chi connectivity index (χ1) is 8.75. The molecule has 0 saturated heterocycles. The van der Waals surface area contributed by atoms with Gasteiger partial charge in [-0.1, -0.05) is 13.8 Å². The second-order valence-electron chi connectivity index (χ2n) is 4.40. The lowest BCUT2D eigenvalue weighted by atomic mass is 10.2. The van der Waals surface area contributed by atoms with E-state index < -0.39 is 16.0 Å². The predicted octanol–water partition coefficient (Wildman–Crippen LogP) is 1.16. The van der Waals surface area contributed by atoms with Crippen molar-refractivity contribution in [2.45, 2.75) is 18.7 Å². The van der Waals surface area contributed by atoms with Crippen molar-refractivity contribution in [2.75, 3.05) is 13.7 Å². The summed E-state index contributed by atoms with van der Waals surface area (Å²) in [6, 6.07) is 3.79. The molecular formula is C12H17NO5S. The Morgan fingerprint density at radius 3 is 2.47 bits per heavy atom. The van der Waals surface area contributed by atoms with Gasteiger partial charge in [-0.3, -0.25) is 0 Å². The van der Waals surface area contributed by atoms with Crippen LogP contribution in [-0.4, -0.2) is 28.1 Å². The number of methoxy groups -OCH3 is 1. The summed E-state index contributed by atoms with van der Waals surface area (Å²) in [6.07, 6.45) is 0. The van der Waals surface area contributed by atoms with E-state index in [9.17, 15) is 13.2 Å². The first kappa shape index (κ1) is 15.5. The van der Waals surface area contributed by atoms with Crippen LogP contribution in [0.25, 0.3) is 0 Å². The molecular weight excluding hydrogens is 270 g/mol. The summed E-state index contributed by atoms with van der Waals surface area (Å²) in [7, 11) is -2.50. The van der Waals surface area contributed by atoms with Gasteiger partial charge in [-0.25, -0.2) is 18.4 Å². The van der Waals surface area contributed by atoms with Gasteiger partial charge in [0.2, 0.25) is 10.0 Å². The first-order valence-electron chi connectivity index (χ1n) is 5.63. The Labute approximate surface area is 112 Å². The Balaban J connectivity index is 3.13. The topological polar surface area (TPSA) is 95.7 Å². The van der Waals surface area contributed by atoms with Crippen molar-refractivity contribution in [1.29, 1.82) is 0 Å². The van der Waals surface area contributed by atoms with E-state index in [-0.39, 0.29) is 28.7 Å². The number of esters is 1. The Kier molecular flexibility index (Phi) is 4.90. The number of primary sulfonamides is 1. The van der Waals surface area contributed by atoms with Crippen LogP contribution in [0.1, 0.15) is 24.2 Å². The third-order valence-corrected chi connectivity index (χ3v) is 3.18. The van der Waals surface area contributed by atoms with Crippen molar-refractivity contribution in [2.24, 2.45) is 11.1 Å². The van der Waals surface area contributed by atoms with Gasteiger partial charge < -0.3 is 9.47 Å². The van der Waals surface area contributed by atoms with Crippen LogP contribution >= 0.6 is 0 Å². The van der Waals surface area contributed by atoms with Crippen molar-refractivity contribution >= 4 is 16.0 Å². The quantitative estimate of drug-likeness (QED) is 0.820.